The van der Waals surface area contributed by atoms with Crippen LogP contribution in [0.25, 0.3) is 0 Å². The van der Waals surface area contributed by atoms with Crippen LogP contribution in [0.1, 0.15) is 20.8 Å². The van der Waals surface area contributed by atoms with E-state index in [-0.39, 0.29) is 11.5 Å². The zero-order valence-electron chi connectivity index (χ0n) is 12.3. The standard InChI is InChI=1S/C19H11BrFNOS/c20-18-9-7-14(21)12-17(18)19(23)22-15-4-1-3-13(11-15)6-8-16-5-2-10-24-16/h1-5,7,9-12H,(H,22,23). The largest absolute Gasteiger partial charge is 0.322 e. The number of halogens is 2. The average Bonchev–Trinajstić information content (AvgIpc) is 3.09. The van der Waals surface area contributed by atoms with Crippen LogP contribution in [0.4, 0.5) is 10.1 Å². The third-order valence-corrected chi connectivity index (χ3v) is 4.62. The molecule has 0 aliphatic rings. The summed E-state index contributed by atoms with van der Waals surface area (Å²) in [6, 6.07) is 15.1. The van der Waals surface area contributed by atoms with E-state index in [1.807, 2.05) is 29.6 Å². The van der Waals surface area contributed by atoms with Crippen molar-refractivity contribution in [3.8, 4) is 11.8 Å². The van der Waals surface area contributed by atoms with E-state index in [1.54, 1.807) is 23.5 Å². The highest BCUT2D eigenvalue weighted by Crippen LogP contribution is 2.20. The molecule has 2 nitrogen and oxygen atoms in total. The second-order valence-corrected chi connectivity index (χ2v) is 6.69. The Balaban J connectivity index is 1.79. The van der Waals surface area contributed by atoms with Crippen molar-refractivity contribution in [3.05, 3.63) is 86.3 Å². The van der Waals surface area contributed by atoms with Crippen molar-refractivity contribution in [1.82, 2.24) is 0 Å². The number of anilines is 1. The van der Waals surface area contributed by atoms with Gasteiger partial charge in [0.15, 0.2) is 0 Å². The second kappa shape index (κ2) is 7.43. The quantitative estimate of drug-likeness (QED) is 0.581. The highest BCUT2D eigenvalue weighted by atomic mass is 79.9. The minimum atomic E-state index is -0.459. The Kier molecular flexibility index (Phi) is 5.09. The van der Waals surface area contributed by atoms with Crippen molar-refractivity contribution in [3.63, 3.8) is 0 Å². The van der Waals surface area contributed by atoms with E-state index in [1.165, 1.54) is 18.2 Å². The average molecular weight is 400 g/mol. The molecule has 0 saturated carbocycles. The molecular formula is C19H11BrFNOS. The minimum absolute atomic E-state index is 0.241. The molecule has 0 bridgehead atoms. The van der Waals surface area contributed by atoms with E-state index in [4.69, 9.17) is 0 Å². The predicted molar refractivity (Wildman–Crippen MR) is 98.8 cm³/mol. The number of carbonyl (C=O) groups excluding carboxylic acids is 1. The lowest BCUT2D eigenvalue weighted by atomic mass is 10.1. The Morgan fingerprint density at radius 3 is 2.75 bits per heavy atom. The molecule has 1 heterocycles. The maximum Gasteiger partial charge on any atom is 0.256 e. The smallest absolute Gasteiger partial charge is 0.256 e. The summed E-state index contributed by atoms with van der Waals surface area (Å²) in [5, 5.41) is 4.73. The number of carbonyl (C=O) groups is 1. The molecule has 118 valence electrons. The summed E-state index contributed by atoms with van der Waals surface area (Å²) in [5.41, 5.74) is 1.64. The molecule has 2 aromatic carbocycles. The fourth-order valence-electron chi connectivity index (χ4n) is 2.03. The lowest BCUT2D eigenvalue weighted by Crippen LogP contribution is -2.13. The summed E-state index contributed by atoms with van der Waals surface area (Å²) >= 11 is 4.83. The van der Waals surface area contributed by atoms with Crippen LogP contribution in [0.2, 0.25) is 0 Å². The van der Waals surface area contributed by atoms with E-state index in [0.717, 1.165) is 10.4 Å². The normalized spacial score (nSPS) is 9.92. The number of hydrogen-bond acceptors (Lipinski definition) is 2. The molecule has 1 aromatic heterocycles. The molecule has 24 heavy (non-hydrogen) atoms. The van der Waals surface area contributed by atoms with E-state index < -0.39 is 5.82 Å². The first-order valence-corrected chi connectivity index (χ1v) is 8.71. The molecule has 0 fully saturated rings. The van der Waals surface area contributed by atoms with Crippen LogP contribution in [0.15, 0.2) is 64.5 Å². The highest BCUT2D eigenvalue weighted by Gasteiger charge is 2.11. The Morgan fingerprint density at radius 1 is 1.08 bits per heavy atom. The maximum atomic E-state index is 13.3. The number of hydrogen-bond donors (Lipinski definition) is 1. The monoisotopic (exact) mass is 399 g/mol. The van der Waals surface area contributed by atoms with Gasteiger partial charge >= 0.3 is 0 Å². The molecule has 0 unspecified atom stereocenters. The summed E-state index contributed by atoms with van der Waals surface area (Å²) in [6.07, 6.45) is 0. The highest BCUT2D eigenvalue weighted by molar-refractivity contribution is 9.10. The number of amides is 1. The minimum Gasteiger partial charge on any atom is -0.322 e. The van der Waals surface area contributed by atoms with Crippen molar-refractivity contribution in [2.24, 2.45) is 0 Å². The molecule has 1 N–H and O–H groups in total. The van der Waals surface area contributed by atoms with Crippen molar-refractivity contribution in [2.45, 2.75) is 0 Å². The molecule has 0 aliphatic carbocycles. The van der Waals surface area contributed by atoms with Gasteiger partial charge in [0.05, 0.1) is 10.4 Å². The van der Waals surface area contributed by atoms with Crippen LogP contribution in [-0.4, -0.2) is 5.91 Å². The summed E-state index contributed by atoms with van der Waals surface area (Å²) in [6.45, 7) is 0. The molecule has 0 radical (unpaired) electrons. The third kappa shape index (κ3) is 4.10. The van der Waals surface area contributed by atoms with Gasteiger partial charge in [-0.3, -0.25) is 4.79 Å². The first kappa shape index (κ1) is 16.4. The summed E-state index contributed by atoms with van der Waals surface area (Å²) in [7, 11) is 0. The van der Waals surface area contributed by atoms with Crippen LogP contribution in [0.5, 0.6) is 0 Å². The van der Waals surface area contributed by atoms with Crippen molar-refractivity contribution in [1.29, 1.82) is 0 Å². The zero-order chi connectivity index (χ0) is 16.9. The van der Waals surface area contributed by atoms with Crippen LogP contribution >= 0.6 is 27.3 Å². The van der Waals surface area contributed by atoms with Gasteiger partial charge in [-0.05, 0) is 63.8 Å². The van der Waals surface area contributed by atoms with Gasteiger partial charge in [0.1, 0.15) is 5.82 Å². The van der Waals surface area contributed by atoms with Crippen LogP contribution in [0, 0.1) is 17.7 Å². The maximum absolute atomic E-state index is 13.3. The fraction of sp³-hybridized carbons (Fsp3) is 0. The number of nitrogens with one attached hydrogen (secondary N) is 1. The molecule has 0 aliphatic heterocycles. The molecule has 5 heteroatoms. The Labute approximate surface area is 151 Å². The molecule has 3 aromatic rings. The Bertz CT molecular complexity index is 941. The Morgan fingerprint density at radius 2 is 1.96 bits per heavy atom. The molecular weight excluding hydrogens is 389 g/mol. The van der Waals surface area contributed by atoms with Gasteiger partial charge in [-0.2, -0.15) is 0 Å². The van der Waals surface area contributed by atoms with E-state index in [0.29, 0.717) is 10.2 Å². The number of rotatable bonds is 2. The van der Waals surface area contributed by atoms with Gasteiger partial charge in [-0.15, -0.1) is 11.3 Å². The van der Waals surface area contributed by atoms with Crippen molar-refractivity contribution >= 4 is 38.9 Å². The molecule has 0 saturated heterocycles. The van der Waals surface area contributed by atoms with Gasteiger partial charge < -0.3 is 5.32 Å². The second-order valence-electron chi connectivity index (χ2n) is 4.89. The molecule has 3 rings (SSSR count). The van der Waals surface area contributed by atoms with E-state index in [9.17, 15) is 9.18 Å². The SMILES string of the molecule is O=C(Nc1cccc(C#Cc2cccs2)c1)c1cc(F)ccc1Br. The Hall–Kier alpha value is -2.42. The lowest BCUT2D eigenvalue weighted by Gasteiger charge is -2.07. The first-order valence-electron chi connectivity index (χ1n) is 7.04. The third-order valence-electron chi connectivity index (χ3n) is 3.14. The first-order chi connectivity index (χ1) is 11.6. The zero-order valence-corrected chi connectivity index (χ0v) is 14.7. The summed E-state index contributed by atoms with van der Waals surface area (Å²) < 4.78 is 13.9. The summed E-state index contributed by atoms with van der Waals surface area (Å²) in [5.74, 6) is 5.29. The lowest BCUT2D eigenvalue weighted by molar-refractivity contribution is 0.102. The van der Waals surface area contributed by atoms with Crippen LogP contribution < -0.4 is 5.32 Å². The van der Waals surface area contributed by atoms with Crippen molar-refractivity contribution < 1.29 is 9.18 Å². The molecule has 0 spiro atoms. The number of benzene rings is 2. The number of thiophene rings is 1. The summed E-state index contributed by atoms with van der Waals surface area (Å²) in [4.78, 5) is 13.3. The van der Waals surface area contributed by atoms with Gasteiger partial charge in [0.25, 0.3) is 5.91 Å². The van der Waals surface area contributed by atoms with E-state index in [2.05, 4.69) is 33.1 Å². The van der Waals surface area contributed by atoms with Gasteiger partial charge in [0.2, 0.25) is 0 Å². The van der Waals surface area contributed by atoms with Crippen molar-refractivity contribution in [2.75, 3.05) is 5.32 Å². The van der Waals surface area contributed by atoms with E-state index >= 15 is 0 Å². The predicted octanol–water partition coefficient (Wildman–Crippen LogP) is 5.30. The molecule has 0 atom stereocenters. The van der Waals surface area contributed by atoms with Gasteiger partial charge in [-0.25, -0.2) is 4.39 Å². The molecule has 1 amide bonds. The fourth-order valence-corrected chi connectivity index (χ4v) is 3.03. The van der Waals surface area contributed by atoms with Gasteiger partial charge in [0, 0.05) is 15.7 Å². The van der Waals surface area contributed by atoms with Crippen LogP contribution in [0.3, 0.4) is 0 Å². The topological polar surface area (TPSA) is 29.1 Å². The van der Waals surface area contributed by atoms with Gasteiger partial charge in [-0.1, -0.05) is 24.0 Å². The van der Waals surface area contributed by atoms with Crippen LogP contribution in [-0.2, 0) is 0 Å².